The highest BCUT2D eigenvalue weighted by molar-refractivity contribution is 5.99. The van der Waals surface area contributed by atoms with Crippen molar-refractivity contribution in [3.8, 4) is 0 Å². The minimum absolute atomic E-state index is 0.109. The molecule has 9 nitrogen and oxygen atoms in total. The normalized spacial score (nSPS) is 10.2. The van der Waals surface area contributed by atoms with Crippen molar-refractivity contribution in [2.24, 2.45) is 5.92 Å². The Hall–Kier alpha value is -3.75. The van der Waals surface area contributed by atoms with Gasteiger partial charge in [-0.2, -0.15) is 0 Å². The van der Waals surface area contributed by atoms with Crippen molar-refractivity contribution in [1.82, 2.24) is 10.9 Å². The van der Waals surface area contributed by atoms with E-state index in [1.165, 1.54) is 36.4 Å². The molecule has 0 aliphatic rings. The van der Waals surface area contributed by atoms with Crippen LogP contribution in [0.15, 0.2) is 48.5 Å². The van der Waals surface area contributed by atoms with Gasteiger partial charge in [0.1, 0.15) is 0 Å². The molecule has 0 spiro atoms. The van der Waals surface area contributed by atoms with Crippen molar-refractivity contribution >= 4 is 29.1 Å². The average Bonchev–Trinajstić information content (AvgIpc) is 2.65. The summed E-state index contributed by atoms with van der Waals surface area (Å²) in [6.45, 7) is 3.88. The van der Waals surface area contributed by atoms with Crippen molar-refractivity contribution in [2.45, 2.75) is 20.3 Å². The van der Waals surface area contributed by atoms with Crippen LogP contribution in [0.5, 0.6) is 0 Å². The molecule has 0 radical (unpaired) electrons. The highest BCUT2D eigenvalue weighted by Crippen LogP contribution is 2.12. The van der Waals surface area contributed by atoms with Gasteiger partial charge in [0.05, 0.1) is 4.92 Å². The summed E-state index contributed by atoms with van der Waals surface area (Å²) < 4.78 is 0. The molecule has 0 unspecified atom stereocenters. The quantitative estimate of drug-likeness (QED) is 0.521. The lowest BCUT2D eigenvalue weighted by Gasteiger charge is -2.09. The fraction of sp³-hybridized carbons (Fsp3) is 0.211. The number of nitro benzene ring substituents is 1. The molecule has 0 aliphatic carbocycles. The highest BCUT2D eigenvalue weighted by atomic mass is 16.6. The van der Waals surface area contributed by atoms with Crippen molar-refractivity contribution < 1.29 is 19.3 Å². The van der Waals surface area contributed by atoms with E-state index in [9.17, 15) is 24.5 Å². The van der Waals surface area contributed by atoms with Gasteiger partial charge in [-0.3, -0.25) is 35.3 Å². The third-order valence-electron chi connectivity index (χ3n) is 3.65. The van der Waals surface area contributed by atoms with Gasteiger partial charge in [0, 0.05) is 35.4 Å². The molecule has 0 heterocycles. The molecule has 3 N–H and O–H groups in total. The molecule has 0 saturated heterocycles. The Morgan fingerprint density at radius 1 is 0.893 bits per heavy atom. The van der Waals surface area contributed by atoms with Crippen molar-refractivity contribution in [3.05, 3.63) is 69.8 Å². The molecule has 0 fully saturated rings. The van der Waals surface area contributed by atoms with E-state index in [4.69, 9.17) is 0 Å². The lowest BCUT2D eigenvalue weighted by Crippen LogP contribution is -2.41. The number of carbonyl (C=O) groups is 3. The molecule has 0 atom stereocenters. The average molecular weight is 384 g/mol. The lowest BCUT2D eigenvalue weighted by molar-refractivity contribution is -0.384. The van der Waals surface area contributed by atoms with E-state index >= 15 is 0 Å². The number of hydrazine groups is 1. The number of benzene rings is 2. The summed E-state index contributed by atoms with van der Waals surface area (Å²) in [5, 5.41) is 13.3. The molecular weight excluding hydrogens is 364 g/mol. The molecule has 9 heteroatoms. The molecule has 0 aliphatic heterocycles. The molecule has 0 aromatic heterocycles. The molecule has 0 bridgehead atoms. The van der Waals surface area contributed by atoms with Gasteiger partial charge in [-0.25, -0.2) is 0 Å². The van der Waals surface area contributed by atoms with Crippen LogP contribution in [0.2, 0.25) is 0 Å². The van der Waals surface area contributed by atoms with Crippen molar-refractivity contribution in [1.29, 1.82) is 0 Å². The van der Waals surface area contributed by atoms with Gasteiger partial charge < -0.3 is 5.32 Å². The minimum atomic E-state index is -0.610. The van der Waals surface area contributed by atoms with Gasteiger partial charge in [0.25, 0.3) is 17.5 Å². The second-order valence-electron chi connectivity index (χ2n) is 6.44. The van der Waals surface area contributed by atoms with E-state index in [0.29, 0.717) is 12.1 Å². The van der Waals surface area contributed by atoms with Gasteiger partial charge in [-0.1, -0.05) is 13.8 Å². The molecule has 2 aromatic carbocycles. The monoisotopic (exact) mass is 384 g/mol. The Kier molecular flexibility index (Phi) is 6.80. The van der Waals surface area contributed by atoms with E-state index in [2.05, 4.69) is 16.2 Å². The molecule has 3 amide bonds. The fourth-order valence-corrected chi connectivity index (χ4v) is 2.28. The highest BCUT2D eigenvalue weighted by Gasteiger charge is 2.12. The van der Waals surface area contributed by atoms with E-state index in [1.807, 2.05) is 13.8 Å². The molecule has 0 saturated carbocycles. The van der Waals surface area contributed by atoms with Crippen molar-refractivity contribution in [3.63, 3.8) is 0 Å². The van der Waals surface area contributed by atoms with E-state index in [1.54, 1.807) is 12.1 Å². The maximum Gasteiger partial charge on any atom is 0.269 e. The molecule has 2 rings (SSSR count). The number of amides is 3. The summed E-state index contributed by atoms with van der Waals surface area (Å²) >= 11 is 0. The first-order valence-corrected chi connectivity index (χ1v) is 8.51. The van der Waals surface area contributed by atoms with Crippen LogP contribution in [0, 0.1) is 16.0 Å². The topological polar surface area (TPSA) is 130 Å². The number of nitro groups is 1. The predicted molar refractivity (Wildman–Crippen MR) is 103 cm³/mol. The number of non-ortho nitro benzene ring substituents is 1. The van der Waals surface area contributed by atoms with Gasteiger partial charge in [0.2, 0.25) is 5.91 Å². The maximum absolute atomic E-state index is 12.1. The summed E-state index contributed by atoms with van der Waals surface area (Å²) in [5.41, 5.74) is 5.37. The maximum atomic E-state index is 12.1. The standard InChI is InChI=1S/C19H20N4O5/c1-12(2)11-17(24)20-15-7-3-13(4-8-15)18(25)21-22-19(26)14-5-9-16(10-6-14)23(27)28/h3-10,12H,11H2,1-2H3,(H,20,24)(H,21,25)(H,22,26). The first kappa shape index (κ1) is 20.6. The molecule has 28 heavy (non-hydrogen) atoms. The minimum Gasteiger partial charge on any atom is -0.326 e. The second kappa shape index (κ2) is 9.26. The Labute approximate surface area is 161 Å². The first-order valence-electron chi connectivity index (χ1n) is 8.51. The predicted octanol–water partition coefficient (Wildman–Crippen LogP) is 2.65. The SMILES string of the molecule is CC(C)CC(=O)Nc1ccc(C(=O)NNC(=O)c2ccc([N+](=O)[O-])cc2)cc1. The number of nitrogens with one attached hydrogen (secondary N) is 3. The smallest absolute Gasteiger partial charge is 0.269 e. The summed E-state index contributed by atoms with van der Waals surface area (Å²) in [6.07, 6.45) is 0.400. The Morgan fingerprint density at radius 3 is 1.79 bits per heavy atom. The van der Waals surface area contributed by atoms with Gasteiger partial charge >= 0.3 is 0 Å². The van der Waals surface area contributed by atoms with E-state index in [-0.39, 0.29) is 28.6 Å². The Morgan fingerprint density at radius 2 is 1.36 bits per heavy atom. The summed E-state index contributed by atoms with van der Waals surface area (Å²) in [7, 11) is 0. The number of rotatable bonds is 6. The second-order valence-corrected chi connectivity index (χ2v) is 6.44. The summed E-state index contributed by atoms with van der Waals surface area (Å²) in [5.74, 6) is -1.02. The van der Waals surface area contributed by atoms with Crippen LogP contribution < -0.4 is 16.2 Å². The third kappa shape index (κ3) is 5.90. The Bertz CT molecular complexity index is 876. The lowest BCUT2D eigenvalue weighted by atomic mass is 10.1. The number of hydrogen-bond donors (Lipinski definition) is 3. The van der Waals surface area contributed by atoms with Crippen LogP contribution in [0.1, 0.15) is 41.0 Å². The number of carbonyl (C=O) groups excluding carboxylic acids is 3. The number of nitrogens with zero attached hydrogens (tertiary/aromatic N) is 1. The largest absolute Gasteiger partial charge is 0.326 e. The zero-order valence-corrected chi connectivity index (χ0v) is 15.4. The number of anilines is 1. The van der Waals surface area contributed by atoms with Crippen LogP contribution in [-0.2, 0) is 4.79 Å². The van der Waals surface area contributed by atoms with E-state index < -0.39 is 16.7 Å². The molecular formula is C19H20N4O5. The summed E-state index contributed by atoms with van der Waals surface area (Å²) in [6, 6.07) is 11.2. The Balaban J connectivity index is 1.89. The van der Waals surface area contributed by atoms with Crippen LogP contribution in [-0.4, -0.2) is 22.6 Å². The van der Waals surface area contributed by atoms with Gasteiger partial charge in [-0.15, -0.1) is 0 Å². The zero-order chi connectivity index (χ0) is 20.7. The number of hydrogen-bond acceptors (Lipinski definition) is 5. The molecule has 2 aromatic rings. The van der Waals surface area contributed by atoms with Crippen molar-refractivity contribution in [2.75, 3.05) is 5.32 Å². The zero-order valence-electron chi connectivity index (χ0n) is 15.4. The first-order chi connectivity index (χ1) is 13.3. The molecule has 146 valence electrons. The summed E-state index contributed by atoms with van der Waals surface area (Å²) in [4.78, 5) is 45.9. The van der Waals surface area contributed by atoms with Crippen LogP contribution in [0.4, 0.5) is 11.4 Å². The fourth-order valence-electron chi connectivity index (χ4n) is 2.28. The van der Waals surface area contributed by atoms with Gasteiger partial charge in [-0.05, 0) is 42.3 Å². The van der Waals surface area contributed by atoms with E-state index in [0.717, 1.165) is 0 Å². The van der Waals surface area contributed by atoms with Gasteiger partial charge in [0.15, 0.2) is 0 Å². The van der Waals surface area contributed by atoms with Crippen LogP contribution in [0.3, 0.4) is 0 Å². The third-order valence-corrected chi connectivity index (χ3v) is 3.65. The van der Waals surface area contributed by atoms with Crippen LogP contribution in [0.25, 0.3) is 0 Å². The van der Waals surface area contributed by atoms with Crippen LogP contribution >= 0.6 is 0 Å².